The molecule has 4 rings (SSSR count). The van der Waals surface area contributed by atoms with Gasteiger partial charge in [0.15, 0.2) is 0 Å². The molecule has 1 amide bonds. The molecule has 4 heterocycles. The molecule has 2 atom stereocenters. The summed E-state index contributed by atoms with van der Waals surface area (Å²) in [6.07, 6.45) is 6.51. The fourth-order valence-electron chi connectivity index (χ4n) is 3.99. The molecule has 2 aromatic rings. The quantitative estimate of drug-likeness (QED) is 0.872. The molecule has 1 spiro atoms. The largest absolute Gasteiger partial charge is 0.477 e. The Morgan fingerprint density at radius 1 is 1.44 bits per heavy atom. The number of pyridine rings is 1. The number of rotatable bonds is 5. The number of aryl methyl sites for hydroxylation is 1. The molecule has 0 bridgehead atoms. The molecule has 2 aromatic heterocycles. The van der Waals surface area contributed by atoms with Gasteiger partial charge in [-0.1, -0.05) is 6.07 Å². The lowest BCUT2D eigenvalue weighted by Gasteiger charge is -2.28. The van der Waals surface area contributed by atoms with Crippen molar-refractivity contribution < 1.29 is 9.53 Å². The maximum absolute atomic E-state index is 12.6. The summed E-state index contributed by atoms with van der Waals surface area (Å²) in [6.45, 7) is 3.70. The molecule has 7 heteroatoms. The molecule has 25 heavy (non-hydrogen) atoms. The Kier molecular flexibility index (Phi) is 4.17. The molecule has 0 saturated carbocycles. The molecule has 0 aliphatic carbocycles. The molecular weight excluding hydrogens is 318 g/mol. The summed E-state index contributed by atoms with van der Waals surface area (Å²) in [5.74, 6) is 0.943. The lowest BCUT2D eigenvalue weighted by molar-refractivity contribution is -0.128. The Balaban J connectivity index is 1.42. The van der Waals surface area contributed by atoms with Gasteiger partial charge >= 0.3 is 0 Å². The highest BCUT2D eigenvalue weighted by Gasteiger charge is 2.54. The summed E-state index contributed by atoms with van der Waals surface area (Å²) in [6, 6.07) is 5.61. The maximum Gasteiger partial charge on any atom is 0.228 e. The van der Waals surface area contributed by atoms with Gasteiger partial charge in [-0.15, -0.1) is 0 Å². The van der Waals surface area contributed by atoms with Gasteiger partial charge in [-0.3, -0.25) is 14.4 Å². The zero-order chi connectivity index (χ0) is 17.3. The van der Waals surface area contributed by atoms with Crippen molar-refractivity contribution in [2.75, 3.05) is 26.2 Å². The maximum atomic E-state index is 12.6. The number of hydrogen-bond acceptors (Lipinski definition) is 5. The molecule has 7 nitrogen and oxygen atoms in total. The van der Waals surface area contributed by atoms with Gasteiger partial charge in [-0.2, -0.15) is 5.10 Å². The van der Waals surface area contributed by atoms with Crippen LogP contribution in [0, 0.1) is 11.3 Å². The number of nitrogens with zero attached hydrogens (tertiary/aromatic N) is 4. The summed E-state index contributed by atoms with van der Waals surface area (Å²) >= 11 is 0. The van der Waals surface area contributed by atoms with Crippen molar-refractivity contribution in [1.82, 2.24) is 25.0 Å². The fraction of sp³-hybridized carbons (Fsp3) is 0.500. The highest BCUT2D eigenvalue weighted by atomic mass is 16.5. The van der Waals surface area contributed by atoms with Crippen LogP contribution in [0.5, 0.6) is 5.88 Å². The molecule has 2 aliphatic rings. The Labute approximate surface area is 147 Å². The molecule has 2 fully saturated rings. The first kappa shape index (κ1) is 16.1. The fourth-order valence-corrected chi connectivity index (χ4v) is 3.99. The summed E-state index contributed by atoms with van der Waals surface area (Å²) in [4.78, 5) is 19.1. The van der Waals surface area contributed by atoms with E-state index in [9.17, 15) is 4.79 Å². The van der Waals surface area contributed by atoms with Gasteiger partial charge in [0.25, 0.3) is 0 Å². The first-order valence-electron chi connectivity index (χ1n) is 8.68. The van der Waals surface area contributed by atoms with Gasteiger partial charge in [0, 0.05) is 56.6 Å². The lowest BCUT2D eigenvalue weighted by Crippen LogP contribution is -2.40. The van der Waals surface area contributed by atoms with E-state index < -0.39 is 0 Å². The Morgan fingerprint density at radius 3 is 3.12 bits per heavy atom. The molecule has 132 valence electrons. The van der Waals surface area contributed by atoms with Gasteiger partial charge in [0.1, 0.15) is 0 Å². The number of hydrogen-bond donors (Lipinski definition) is 1. The smallest absolute Gasteiger partial charge is 0.228 e. The van der Waals surface area contributed by atoms with Crippen LogP contribution in [0.2, 0.25) is 0 Å². The highest BCUT2D eigenvalue weighted by Crippen LogP contribution is 2.42. The molecule has 0 aromatic carbocycles. The predicted octanol–water partition coefficient (Wildman–Crippen LogP) is 0.832. The Bertz CT molecular complexity index is 747. The molecule has 2 saturated heterocycles. The minimum Gasteiger partial charge on any atom is -0.477 e. The summed E-state index contributed by atoms with van der Waals surface area (Å²) < 4.78 is 7.66. The minimum atomic E-state index is -0.350. The number of carbonyl (C=O) groups is 1. The average Bonchev–Trinajstić information content (AvgIpc) is 3.30. The number of amides is 1. The van der Waals surface area contributed by atoms with Crippen LogP contribution >= 0.6 is 0 Å². The van der Waals surface area contributed by atoms with E-state index in [1.165, 1.54) is 5.56 Å². The molecule has 0 radical (unpaired) electrons. The van der Waals surface area contributed by atoms with Crippen LogP contribution in [0.25, 0.3) is 0 Å². The van der Waals surface area contributed by atoms with Crippen LogP contribution in [0.15, 0.2) is 36.8 Å². The molecule has 0 unspecified atom stereocenters. The van der Waals surface area contributed by atoms with Crippen LogP contribution in [0.4, 0.5) is 0 Å². The van der Waals surface area contributed by atoms with Gasteiger partial charge in [-0.25, -0.2) is 4.98 Å². The number of aromatic nitrogens is 3. The van der Waals surface area contributed by atoms with Crippen LogP contribution < -0.4 is 10.1 Å². The van der Waals surface area contributed by atoms with Crippen LogP contribution in [0.3, 0.4) is 0 Å². The van der Waals surface area contributed by atoms with E-state index in [1.54, 1.807) is 6.20 Å². The van der Waals surface area contributed by atoms with E-state index >= 15 is 0 Å². The summed E-state index contributed by atoms with van der Waals surface area (Å²) in [7, 11) is 1.92. The first-order chi connectivity index (χ1) is 12.2. The van der Waals surface area contributed by atoms with Gasteiger partial charge in [-0.05, 0) is 19.0 Å². The minimum absolute atomic E-state index is 0.163. The second-order valence-corrected chi connectivity index (χ2v) is 7.02. The summed E-state index contributed by atoms with van der Waals surface area (Å²) in [5.41, 5.74) is 0.830. The standard InChI is InChI=1S/C18H23N5O2/c1-22-10-14(8-21-22)11-23-7-5-18(13-23)15(9-20-17(18)24)12-25-16-4-2-3-6-19-16/h2-4,6,8,10,15H,5,7,9,11-13H2,1H3,(H,20,24)/t15-,18-/m1/s1. The third-order valence-electron chi connectivity index (χ3n) is 5.36. The van der Waals surface area contributed by atoms with Crippen LogP contribution in [-0.4, -0.2) is 51.8 Å². The number of ether oxygens (including phenoxy) is 1. The Morgan fingerprint density at radius 2 is 2.36 bits per heavy atom. The van der Waals surface area contributed by atoms with E-state index in [0.717, 1.165) is 26.1 Å². The van der Waals surface area contributed by atoms with E-state index in [2.05, 4.69) is 20.3 Å². The second kappa shape index (κ2) is 6.48. The van der Waals surface area contributed by atoms with Gasteiger partial charge in [0.05, 0.1) is 18.2 Å². The van der Waals surface area contributed by atoms with Crippen molar-refractivity contribution in [3.8, 4) is 5.88 Å². The van der Waals surface area contributed by atoms with E-state index in [0.29, 0.717) is 19.0 Å². The average molecular weight is 341 g/mol. The zero-order valence-electron chi connectivity index (χ0n) is 14.4. The van der Waals surface area contributed by atoms with E-state index in [4.69, 9.17) is 4.74 Å². The number of likely N-dealkylation sites (tertiary alicyclic amines) is 1. The van der Waals surface area contributed by atoms with Gasteiger partial charge in [0.2, 0.25) is 11.8 Å². The van der Waals surface area contributed by atoms with Crippen molar-refractivity contribution in [3.05, 3.63) is 42.4 Å². The van der Waals surface area contributed by atoms with Crippen molar-refractivity contribution in [1.29, 1.82) is 0 Å². The SMILES string of the molecule is Cn1cc(CN2CC[C@]3(C2)C(=O)NC[C@@H]3COc2ccccn2)cn1. The van der Waals surface area contributed by atoms with Crippen LogP contribution in [0.1, 0.15) is 12.0 Å². The molecule has 2 aliphatic heterocycles. The number of carbonyl (C=O) groups excluding carboxylic acids is 1. The predicted molar refractivity (Wildman–Crippen MR) is 91.8 cm³/mol. The third kappa shape index (κ3) is 3.11. The van der Waals surface area contributed by atoms with Crippen molar-refractivity contribution in [2.24, 2.45) is 18.4 Å². The molecule has 1 N–H and O–H groups in total. The topological polar surface area (TPSA) is 72.3 Å². The summed E-state index contributed by atoms with van der Waals surface area (Å²) in [5, 5.41) is 7.27. The Hall–Kier alpha value is -2.41. The lowest BCUT2D eigenvalue weighted by atomic mass is 9.77. The van der Waals surface area contributed by atoms with Gasteiger partial charge < -0.3 is 10.1 Å². The van der Waals surface area contributed by atoms with E-state index in [1.807, 2.05) is 42.3 Å². The third-order valence-corrected chi connectivity index (χ3v) is 5.36. The van der Waals surface area contributed by atoms with Crippen molar-refractivity contribution in [2.45, 2.75) is 13.0 Å². The number of nitrogens with one attached hydrogen (secondary N) is 1. The highest BCUT2D eigenvalue weighted by molar-refractivity contribution is 5.86. The first-order valence-corrected chi connectivity index (χ1v) is 8.68. The van der Waals surface area contributed by atoms with Crippen molar-refractivity contribution in [3.63, 3.8) is 0 Å². The molecular formula is C18H23N5O2. The normalized spacial score (nSPS) is 26.3. The van der Waals surface area contributed by atoms with Crippen molar-refractivity contribution >= 4 is 5.91 Å². The van der Waals surface area contributed by atoms with E-state index in [-0.39, 0.29) is 17.2 Å². The zero-order valence-corrected chi connectivity index (χ0v) is 14.4. The monoisotopic (exact) mass is 341 g/mol. The second-order valence-electron chi connectivity index (χ2n) is 7.02. The van der Waals surface area contributed by atoms with Crippen LogP contribution in [-0.2, 0) is 18.4 Å².